The third kappa shape index (κ3) is 5.19. The first-order chi connectivity index (χ1) is 15.5. The average Bonchev–Trinajstić information content (AvgIpc) is 3.42. The molecule has 0 saturated carbocycles. The van der Waals surface area contributed by atoms with Crippen molar-refractivity contribution < 1.29 is 13.9 Å². The van der Waals surface area contributed by atoms with E-state index >= 15 is 0 Å². The zero-order valence-electron chi connectivity index (χ0n) is 17.0. The van der Waals surface area contributed by atoms with Gasteiger partial charge in [0.2, 0.25) is 0 Å². The van der Waals surface area contributed by atoms with Crippen molar-refractivity contribution in [3.05, 3.63) is 90.0 Å². The lowest BCUT2D eigenvalue weighted by Crippen LogP contribution is -2.19. The van der Waals surface area contributed by atoms with Crippen LogP contribution in [-0.2, 0) is 11.3 Å². The van der Waals surface area contributed by atoms with Crippen LogP contribution in [0, 0.1) is 5.82 Å². The summed E-state index contributed by atoms with van der Waals surface area (Å²) in [6.07, 6.45) is 3.44. The molecule has 0 radical (unpaired) electrons. The van der Waals surface area contributed by atoms with Gasteiger partial charge in [-0.1, -0.05) is 42.5 Å². The number of hydrogen-bond donors (Lipinski definition) is 2. The molecule has 0 spiro atoms. The van der Waals surface area contributed by atoms with E-state index in [9.17, 15) is 9.18 Å². The predicted molar refractivity (Wildman–Crippen MR) is 129 cm³/mol. The van der Waals surface area contributed by atoms with Crippen LogP contribution in [0.25, 0.3) is 10.4 Å². The van der Waals surface area contributed by atoms with Crippen molar-refractivity contribution in [3.8, 4) is 10.4 Å². The lowest BCUT2D eigenvalue weighted by Gasteiger charge is -2.08. The lowest BCUT2D eigenvalue weighted by molar-refractivity contribution is 0.0602. The second-order valence-corrected chi connectivity index (χ2v) is 8.30. The number of nitrogens with one attached hydrogen (secondary N) is 2. The maximum absolute atomic E-state index is 13.1. The Morgan fingerprint density at radius 1 is 1.16 bits per heavy atom. The molecule has 2 heterocycles. The number of aromatic nitrogens is 2. The molecule has 2 N–H and O–H groups in total. The van der Waals surface area contributed by atoms with E-state index in [0.29, 0.717) is 27.9 Å². The number of esters is 1. The molecule has 2 aromatic carbocycles. The highest BCUT2D eigenvalue weighted by atomic mass is 32.1. The molecule has 0 unspecified atom stereocenters. The number of anilines is 2. The molecular formula is C23H19FN4O2S2. The second-order valence-electron chi connectivity index (χ2n) is 6.84. The van der Waals surface area contributed by atoms with Crippen LogP contribution in [0.5, 0.6) is 0 Å². The summed E-state index contributed by atoms with van der Waals surface area (Å²) in [4.78, 5) is 13.2. The van der Waals surface area contributed by atoms with Crippen molar-refractivity contribution in [2.75, 3.05) is 17.7 Å². The molecule has 0 fully saturated rings. The Bertz CT molecular complexity index is 1240. The highest BCUT2D eigenvalue weighted by Gasteiger charge is 2.18. The summed E-state index contributed by atoms with van der Waals surface area (Å²) in [6.45, 7) is 0.500. The van der Waals surface area contributed by atoms with Gasteiger partial charge in [0.05, 0.1) is 31.1 Å². The third-order valence-electron chi connectivity index (χ3n) is 4.57. The van der Waals surface area contributed by atoms with E-state index in [1.165, 1.54) is 30.6 Å². The molecule has 4 rings (SSSR count). The van der Waals surface area contributed by atoms with E-state index in [1.54, 1.807) is 35.3 Å². The smallest absolute Gasteiger partial charge is 0.340 e. The van der Waals surface area contributed by atoms with Crippen LogP contribution in [0.2, 0.25) is 0 Å². The topological polar surface area (TPSA) is 68.2 Å². The van der Waals surface area contributed by atoms with Crippen LogP contribution >= 0.6 is 23.6 Å². The van der Waals surface area contributed by atoms with Crippen LogP contribution in [-0.4, -0.2) is 28.0 Å². The van der Waals surface area contributed by atoms with Gasteiger partial charge in [-0.15, -0.1) is 11.3 Å². The number of methoxy groups -OCH3 is 1. The van der Waals surface area contributed by atoms with Gasteiger partial charge in [0, 0.05) is 11.1 Å². The van der Waals surface area contributed by atoms with Crippen molar-refractivity contribution in [1.82, 2.24) is 9.78 Å². The molecule has 9 heteroatoms. The van der Waals surface area contributed by atoms with Gasteiger partial charge in [-0.25, -0.2) is 9.18 Å². The fourth-order valence-corrected chi connectivity index (χ4v) is 4.39. The van der Waals surface area contributed by atoms with E-state index in [4.69, 9.17) is 17.0 Å². The molecule has 2 aromatic heterocycles. The number of halogens is 1. The summed E-state index contributed by atoms with van der Waals surface area (Å²) in [5.74, 6) is -0.718. The number of benzene rings is 2. The molecule has 4 aromatic rings. The number of carbonyl (C=O) groups is 1. The Morgan fingerprint density at radius 2 is 1.91 bits per heavy atom. The number of ether oxygens (including phenoxy) is 1. The molecule has 0 aliphatic carbocycles. The molecule has 0 amide bonds. The summed E-state index contributed by atoms with van der Waals surface area (Å²) in [6, 6.07) is 17.8. The van der Waals surface area contributed by atoms with Gasteiger partial charge in [0.15, 0.2) is 5.11 Å². The van der Waals surface area contributed by atoms with Crippen molar-refractivity contribution in [3.63, 3.8) is 0 Å². The maximum Gasteiger partial charge on any atom is 0.340 e. The van der Waals surface area contributed by atoms with E-state index in [0.717, 1.165) is 16.0 Å². The van der Waals surface area contributed by atoms with Crippen molar-refractivity contribution in [2.45, 2.75) is 6.54 Å². The molecule has 0 aliphatic rings. The van der Waals surface area contributed by atoms with Gasteiger partial charge >= 0.3 is 5.97 Å². The van der Waals surface area contributed by atoms with E-state index in [2.05, 4.69) is 15.7 Å². The van der Waals surface area contributed by atoms with Crippen LogP contribution in [0.3, 0.4) is 0 Å². The first-order valence-electron chi connectivity index (χ1n) is 9.64. The minimum Gasteiger partial charge on any atom is -0.465 e. The number of nitrogens with zero attached hydrogens (tertiary/aromatic N) is 2. The summed E-state index contributed by atoms with van der Waals surface area (Å²) in [7, 11) is 1.35. The SMILES string of the molecule is COC(=O)c1cc(-c2ccccc2)sc1NC(=S)Nc1cnn(Cc2ccc(F)cc2)c1. The molecular weight excluding hydrogens is 447 g/mol. The van der Waals surface area contributed by atoms with Gasteiger partial charge in [-0.05, 0) is 41.5 Å². The Balaban J connectivity index is 1.46. The minimum atomic E-state index is -0.444. The monoisotopic (exact) mass is 466 g/mol. The van der Waals surface area contributed by atoms with E-state index in [1.807, 2.05) is 30.3 Å². The molecule has 32 heavy (non-hydrogen) atoms. The van der Waals surface area contributed by atoms with E-state index < -0.39 is 5.97 Å². The number of thiocarbonyl (C=S) groups is 1. The Kier molecular flexibility index (Phi) is 6.58. The van der Waals surface area contributed by atoms with Crippen LogP contribution in [0.15, 0.2) is 73.1 Å². The number of thiophene rings is 1. The van der Waals surface area contributed by atoms with Gasteiger partial charge in [0.25, 0.3) is 0 Å². The first-order valence-corrected chi connectivity index (χ1v) is 10.9. The zero-order valence-corrected chi connectivity index (χ0v) is 18.7. The quantitative estimate of drug-likeness (QED) is 0.293. The van der Waals surface area contributed by atoms with Crippen LogP contribution in [0.1, 0.15) is 15.9 Å². The Labute approximate surface area is 193 Å². The van der Waals surface area contributed by atoms with E-state index in [-0.39, 0.29) is 5.82 Å². The summed E-state index contributed by atoms with van der Waals surface area (Å²) in [5.41, 5.74) is 3.02. The number of carbonyl (C=O) groups excluding carboxylic acids is 1. The summed E-state index contributed by atoms with van der Waals surface area (Å²) >= 11 is 6.85. The Morgan fingerprint density at radius 3 is 2.62 bits per heavy atom. The molecule has 0 aliphatic heterocycles. The number of hydrogen-bond acceptors (Lipinski definition) is 5. The second kappa shape index (κ2) is 9.71. The van der Waals surface area contributed by atoms with Crippen molar-refractivity contribution in [2.24, 2.45) is 0 Å². The molecule has 0 saturated heterocycles. The van der Waals surface area contributed by atoms with Gasteiger partial charge in [-0.3, -0.25) is 4.68 Å². The minimum absolute atomic E-state index is 0.275. The predicted octanol–water partition coefficient (Wildman–Crippen LogP) is 5.39. The fourth-order valence-electron chi connectivity index (χ4n) is 3.05. The third-order valence-corrected chi connectivity index (χ3v) is 5.88. The van der Waals surface area contributed by atoms with Gasteiger partial charge in [-0.2, -0.15) is 5.10 Å². The number of rotatable bonds is 6. The summed E-state index contributed by atoms with van der Waals surface area (Å²) in [5, 5.41) is 11.4. The zero-order chi connectivity index (χ0) is 22.5. The molecule has 0 atom stereocenters. The molecule has 162 valence electrons. The van der Waals surface area contributed by atoms with Gasteiger partial charge in [0.1, 0.15) is 10.8 Å². The van der Waals surface area contributed by atoms with Crippen LogP contribution in [0.4, 0.5) is 15.1 Å². The highest BCUT2D eigenvalue weighted by molar-refractivity contribution is 7.80. The largest absolute Gasteiger partial charge is 0.465 e. The Hall–Kier alpha value is -3.56. The normalized spacial score (nSPS) is 10.6. The lowest BCUT2D eigenvalue weighted by atomic mass is 10.1. The average molecular weight is 467 g/mol. The first kappa shape index (κ1) is 21.7. The molecule has 0 bridgehead atoms. The van der Waals surface area contributed by atoms with Crippen molar-refractivity contribution >= 4 is 45.3 Å². The van der Waals surface area contributed by atoms with Gasteiger partial charge < -0.3 is 15.4 Å². The fraction of sp³-hybridized carbons (Fsp3) is 0.0870. The summed E-state index contributed by atoms with van der Waals surface area (Å²) < 4.78 is 19.7. The maximum atomic E-state index is 13.1. The molecule has 6 nitrogen and oxygen atoms in total. The standard InChI is InChI=1S/C23H19FN4O2S2/c1-30-22(29)19-11-20(16-5-3-2-4-6-16)32-21(19)27-23(31)26-18-12-25-28(14-18)13-15-7-9-17(24)10-8-15/h2-12,14H,13H2,1H3,(H2,26,27,31). The van der Waals surface area contributed by atoms with Crippen molar-refractivity contribution in [1.29, 1.82) is 0 Å². The van der Waals surface area contributed by atoms with Crippen LogP contribution < -0.4 is 10.6 Å². The highest BCUT2D eigenvalue weighted by Crippen LogP contribution is 2.36.